The van der Waals surface area contributed by atoms with Crippen molar-refractivity contribution in [3.63, 3.8) is 0 Å². The summed E-state index contributed by atoms with van der Waals surface area (Å²) in [6.45, 7) is 1.97. The number of nitrogens with zero attached hydrogens (tertiary/aromatic N) is 1. The summed E-state index contributed by atoms with van der Waals surface area (Å²) in [6, 6.07) is 3.55. The molecular weight excluding hydrogens is 231 g/mol. The molecule has 0 saturated heterocycles. The Hall–Kier alpha value is -1.42. The maximum absolute atomic E-state index is 14.2. The van der Waals surface area contributed by atoms with Gasteiger partial charge < -0.3 is 10.6 Å². The lowest BCUT2D eigenvalue weighted by Crippen LogP contribution is -2.31. The molecule has 1 aliphatic carbocycles. The van der Waals surface area contributed by atoms with Crippen LogP contribution in [0.5, 0.6) is 0 Å². The van der Waals surface area contributed by atoms with Gasteiger partial charge in [-0.25, -0.2) is 4.39 Å². The van der Waals surface area contributed by atoms with Crippen LogP contribution in [0.2, 0.25) is 0 Å². The maximum atomic E-state index is 14.2. The molecule has 0 spiro atoms. The number of likely N-dealkylation sites (N-methyl/N-ethyl adjacent to an activating group) is 1. The Bertz CT molecular complexity index is 535. The molecule has 1 fully saturated rings. The van der Waals surface area contributed by atoms with Crippen molar-refractivity contribution < 1.29 is 9.18 Å². The second-order valence-corrected chi connectivity index (χ2v) is 5.54. The van der Waals surface area contributed by atoms with Gasteiger partial charge in [-0.15, -0.1) is 0 Å². The molecule has 1 heterocycles. The minimum Gasteiger partial charge on any atom is -0.327 e. The molecule has 0 radical (unpaired) electrons. The minimum absolute atomic E-state index is 0.0183. The highest BCUT2D eigenvalue weighted by Crippen LogP contribution is 2.51. The van der Waals surface area contributed by atoms with Gasteiger partial charge in [0, 0.05) is 18.5 Å². The van der Waals surface area contributed by atoms with Crippen molar-refractivity contribution >= 4 is 11.6 Å². The van der Waals surface area contributed by atoms with Gasteiger partial charge in [-0.1, -0.05) is 6.07 Å². The first-order chi connectivity index (χ1) is 8.45. The van der Waals surface area contributed by atoms with Crippen LogP contribution in [0.25, 0.3) is 0 Å². The van der Waals surface area contributed by atoms with Crippen LogP contribution in [0, 0.1) is 5.82 Å². The van der Waals surface area contributed by atoms with E-state index in [0.29, 0.717) is 12.1 Å². The Morgan fingerprint density at radius 2 is 2.11 bits per heavy atom. The van der Waals surface area contributed by atoms with E-state index >= 15 is 0 Å². The zero-order valence-corrected chi connectivity index (χ0v) is 10.7. The number of rotatable bonds is 2. The number of benzene rings is 1. The zero-order chi connectivity index (χ0) is 13.1. The fourth-order valence-electron chi connectivity index (χ4n) is 3.00. The molecule has 18 heavy (non-hydrogen) atoms. The summed E-state index contributed by atoms with van der Waals surface area (Å²) >= 11 is 0. The number of amides is 1. The normalized spacial score (nSPS) is 22.0. The van der Waals surface area contributed by atoms with Crippen molar-refractivity contribution in [3.8, 4) is 0 Å². The fourth-order valence-corrected chi connectivity index (χ4v) is 3.00. The van der Waals surface area contributed by atoms with E-state index in [1.165, 1.54) is 4.90 Å². The third-order valence-electron chi connectivity index (χ3n) is 4.43. The van der Waals surface area contributed by atoms with Gasteiger partial charge in [0.2, 0.25) is 5.91 Å². The van der Waals surface area contributed by atoms with Gasteiger partial charge in [0.15, 0.2) is 0 Å². The maximum Gasteiger partial charge on any atom is 0.231 e. The monoisotopic (exact) mass is 248 g/mol. The Balaban J connectivity index is 2.10. The molecule has 96 valence electrons. The molecule has 0 bridgehead atoms. The molecule has 1 aromatic rings. The summed E-state index contributed by atoms with van der Waals surface area (Å²) in [6.07, 6.45) is 2.31. The van der Waals surface area contributed by atoms with E-state index in [9.17, 15) is 9.18 Å². The molecule has 1 saturated carbocycles. The van der Waals surface area contributed by atoms with Crippen LogP contribution < -0.4 is 10.6 Å². The van der Waals surface area contributed by atoms with E-state index in [1.807, 2.05) is 13.0 Å². The molecule has 3 nitrogen and oxygen atoms in total. The Morgan fingerprint density at radius 3 is 2.67 bits per heavy atom. The third kappa shape index (κ3) is 1.42. The van der Waals surface area contributed by atoms with E-state index < -0.39 is 0 Å². The average Bonchev–Trinajstić information content (AvgIpc) is 3.04. The molecule has 1 aliphatic heterocycles. The van der Waals surface area contributed by atoms with Crippen LogP contribution in [0.4, 0.5) is 10.1 Å². The van der Waals surface area contributed by atoms with Crippen molar-refractivity contribution in [1.82, 2.24) is 0 Å². The lowest BCUT2D eigenvalue weighted by molar-refractivity contribution is -0.117. The second-order valence-electron chi connectivity index (χ2n) is 5.54. The number of fused-ring (bicyclic) bond motifs is 1. The van der Waals surface area contributed by atoms with E-state index in [1.54, 1.807) is 13.1 Å². The summed E-state index contributed by atoms with van der Waals surface area (Å²) in [5.74, 6) is -0.352. The lowest BCUT2D eigenvalue weighted by Gasteiger charge is -2.21. The number of hydrogen-bond acceptors (Lipinski definition) is 2. The van der Waals surface area contributed by atoms with Crippen LogP contribution in [0.15, 0.2) is 12.1 Å². The van der Waals surface area contributed by atoms with Gasteiger partial charge >= 0.3 is 0 Å². The van der Waals surface area contributed by atoms with E-state index in [4.69, 9.17) is 5.73 Å². The second kappa shape index (κ2) is 3.54. The first-order valence-corrected chi connectivity index (χ1v) is 6.31. The topological polar surface area (TPSA) is 46.3 Å². The molecule has 1 aromatic carbocycles. The first kappa shape index (κ1) is 11.7. The van der Waals surface area contributed by atoms with E-state index in [0.717, 1.165) is 24.0 Å². The number of carbonyl (C=O) groups excluding carboxylic acids is 1. The Kier molecular flexibility index (Phi) is 2.29. The number of nitrogens with two attached hydrogens (primary N) is 1. The van der Waals surface area contributed by atoms with Crippen molar-refractivity contribution in [3.05, 3.63) is 29.1 Å². The summed E-state index contributed by atoms with van der Waals surface area (Å²) in [5, 5.41) is 0. The SMILES string of the molecule is CC(N)C1(c2cc(F)c3c(c2)CC(=O)N3C)CC1. The summed E-state index contributed by atoms with van der Waals surface area (Å²) in [5.41, 5.74) is 8.13. The summed E-state index contributed by atoms with van der Waals surface area (Å²) < 4.78 is 14.2. The first-order valence-electron chi connectivity index (χ1n) is 6.31. The van der Waals surface area contributed by atoms with Crippen LogP contribution in [0.3, 0.4) is 0 Å². The third-order valence-corrected chi connectivity index (χ3v) is 4.43. The largest absolute Gasteiger partial charge is 0.327 e. The minimum atomic E-state index is -0.303. The van der Waals surface area contributed by atoms with Crippen molar-refractivity contribution in [2.24, 2.45) is 5.73 Å². The number of hydrogen-bond donors (Lipinski definition) is 1. The van der Waals surface area contributed by atoms with Crippen molar-refractivity contribution in [1.29, 1.82) is 0 Å². The van der Waals surface area contributed by atoms with Crippen LogP contribution in [-0.2, 0) is 16.6 Å². The highest BCUT2D eigenvalue weighted by atomic mass is 19.1. The Labute approximate surface area is 106 Å². The number of carbonyl (C=O) groups is 1. The van der Waals surface area contributed by atoms with Crippen LogP contribution >= 0.6 is 0 Å². The molecule has 0 aromatic heterocycles. The predicted molar refractivity (Wildman–Crippen MR) is 68.1 cm³/mol. The number of anilines is 1. The van der Waals surface area contributed by atoms with Gasteiger partial charge in [-0.3, -0.25) is 4.79 Å². The molecule has 1 unspecified atom stereocenters. The quantitative estimate of drug-likeness (QED) is 0.866. The average molecular weight is 248 g/mol. The van der Waals surface area contributed by atoms with E-state index in [-0.39, 0.29) is 23.2 Å². The van der Waals surface area contributed by atoms with E-state index in [2.05, 4.69) is 0 Å². The van der Waals surface area contributed by atoms with Gasteiger partial charge in [-0.2, -0.15) is 0 Å². The van der Waals surface area contributed by atoms with Gasteiger partial charge in [0.1, 0.15) is 5.82 Å². The standard InChI is InChI=1S/C14H17FN2O/c1-8(16)14(3-4-14)10-5-9-6-12(18)17(2)13(9)11(15)7-10/h5,7-8H,3-4,6,16H2,1-2H3. The molecular formula is C14H17FN2O. The zero-order valence-electron chi connectivity index (χ0n) is 10.7. The fraction of sp³-hybridized carbons (Fsp3) is 0.500. The summed E-state index contributed by atoms with van der Waals surface area (Å²) in [7, 11) is 1.62. The lowest BCUT2D eigenvalue weighted by atomic mass is 9.88. The molecule has 3 rings (SSSR count). The predicted octanol–water partition coefficient (Wildman–Crippen LogP) is 1.72. The Morgan fingerprint density at radius 1 is 1.44 bits per heavy atom. The van der Waals surface area contributed by atoms with Crippen LogP contribution in [-0.4, -0.2) is 19.0 Å². The molecule has 1 atom stereocenters. The molecule has 4 heteroatoms. The van der Waals surface area contributed by atoms with Crippen LogP contribution in [0.1, 0.15) is 30.9 Å². The van der Waals surface area contributed by atoms with Gasteiger partial charge in [0.05, 0.1) is 12.1 Å². The molecule has 1 amide bonds. The van der Waals surface area contributed by atoms with Crippen molar-refractivity contribution in [2.45, 2.75) is 37.6 Å². The highest BCUT2D eigenvalue weighted by molar-refractivity contribution is 6.01. The molecule has 2 N–H and O–H groups in total. The number of halogens is 1. The summed E-state index contributed by atoms with van der Waals surface area (Å²) in [4.78, 5) is 13.0. The van der Waals surface area contributed by atoms with Gasteiger partial charge in [0.25, 0.3) is 0 Å². The van der Waals surface area contributed by atoms with Crippen molar-refractivity contribution in [2.75, 3.05) is 11.9 Å². The van der Waals surface area contributed by atoms with Gasteiger partial charge in [-0.05, 0) is 37.0 Å². The smallest absolute Gasteiger partial charge is 0.231 e. The highest BCUT2D eigenvalue weighted by Gasteiger charge is 2.48. The molecule has 2 aliphatic rings.